The fraction of sp³-hybridized carbons (Fsp3) is 0.273. The molecule has 1 amide bonds. The molecule has 1 aliphatic carbocycles. The van der Waals surface area contributed by atoms with Crippen LogP contribution in [0.15, 0.2) is 46.7 Å². The Labute approximate surface area is 189 Å². The Hall–Kier alpha value is -2.33. The third kappa shape index (κ3) is 4.23. The molecule has 4 rings (SSSR count). The zero-order chi connectivity index (χ0) is 22.2. The van der Waals surface area contributed by atoms with Gasteiger partial charge in [0.2, 0.25) is 15.8 Å². The van der Waals surface area contributed by atoms with Gasteiger partial charge in [0.05, 0.1) is 15.3 Å². The maximum absolute atomic E-state index is 13.2. The van der Waals surface area contributed by atoms with Gasteiger partial charge in [-0.2, -0.15) is 0 Å². The van der Waals surface area contributed by atoms with Gasteiger partial charge in [0.25, 0.3) is 5.91 Å². The van der Waals surface area contributed by atoms with E-state index in [0.29, 0.717) is 21.0 Å². The molecule has 1 aliphatic rings. The third-order valence-corrected chi connectivity index (χ3v) is 9.17. The number of nitrogens with zero attached hydrogens (tertiary/aromatic N) is 1. The highest BCUT2D eigenvalue weighted by atomic mass is 32.2. The van der Waals surface area contributed by atoms with Crippen molar-refractivity contribution in [1.82, 2.24) is 4.31 Å². The normalized spacial score (nSPS) is 13.8. The lowest BCUT2D eigenvalue weighted by Crippen LogP contribution is -2.22. The number of aryl methyl sites for hydroxylation is 1. The molecule has 9 heteroatoms. The van der Waals surface area contributed by atoms with E-state index in [9.17, 15) is 18.0 Å². The Morgan fingerprint density at radius 1 is 1.03 bits per heavy atom. The van der Waals surface area contributed by atoms with Crippen LogP contribution in [-0.4, -0.2) is 38.5 Å². The first-order valence-corrected chi connectivity index (χ1v) is 13.0. The van der Waals surface area contributed by atoms with Crippen molar-refractivity contribution in [2.75, 3.05) is 19.4 Å². The van der Waals surface area contributed by atoms with Crippen LogP contribution in [0.4, 0.5) is 5.00 Å². The number of amides is 1. The zero-order valence-corrected chi connectivity index (χ0v) is 19.6. The summed E-state index contributed by atoms with van der Waals surface area (Å²) >= 11 is 2.86. The number of hydrogen-bond donors (Lipinski definition) is 1. The lowest BCUT2D eigenvalue weighted by molar-refractivity contribution is 0.102. The van der Waals surface area contributed by atoms with Gasteiger partial charge in [-0.15, -0.1) is 22.7 Å². The number of fused-ring (bicyclic) bond motifs is 1. The van der Waals surface area contributed by atoms with Crippen LogP contribution in [0.3, 0.4) is 0 Å². The van der Waals surface area contributed by atoms with Crippen molar-refractivity contribution >= 4 is 49.4 Å². The van der Waals surface area contributed by atoms with E-state index in [1.807, 2.05) is 11.4 Å². The van der Waals surface area contributed by atoms with E-state index in [4.69, 9.17) is 0 Å². The number of benzene rings is 1. The summed E-state index contributed by atoms with van der Waals surface area (Å²) in [7, 11) is -0.645. The van der Waals surface area contributed by atoms with Crippen molar-refractivity contribution in [3.05, 3.63) is 68.2 Å². The highest BCUT2D eigenvalue weighted by molar-refractivity contribution is 7.89. The van der Waals surface area contributed by atoms with Gasteiger partial charge in [0.1, 0.15) is 5.00 Å². The van der Waals surface area contributed by atoms with E-state index in [1.54, 1.807) is 6.07 Å². The SMILES string of the molecule is CN(C)S(=O)(=O)c1ccc(C(=O)Nc2sc3c(c2C(=O)c2cccs2)CCCC3)cc1. The summed E-state index contributed by atoms with van der Waals surface area (Å²) < 4.78 is 25.6. The molecule has 162 valence electrons. The minimum atomic E-state index is -3.56. The van der Waals surface area contributed by atoms with Crippen LogP contribution in [0, 0.1) is 0 Å². The van der Waals surface area contributed by atoms with Gasteiger partial charge in [-0.3, -0.25) is 9.59 Å². The molecule has 2 aromatic heterocycles. The molecule has 31 heavy (non-hydrogen) atoms. The number of carbonyl (C=O) groups is 2. The van der Waals surface area contributed by atoms with E-state index in [1.165, 1.54) is 61.0 Å². The fourth-order valence-electron chi connectivity index (χ4n) is 3.59. The lowest BCUT2D eigenvalue weighted by atomic mass is 9.93. The molecule has 0 saturated heterocycles. The largest absolute Gasteiger partial charge is 0.313 e. The number of carbonyl (C=O) groups excluding carboxylic acids is 2. The standard InChI is InChI=1S/C22H22N2O4S3/c1-24(2)31(27,28)15-11-9-14(10-12-15)21(26)23-22-19(20(25)18-8-5-13-29-18)16-6-3-4-7-17(16)30-22/h5,8-13H,3-4,6-7H2,1-2H3,(H,23,26). The van der Waals surface area contributed by atoms with E-state index < -0.39 is 10.0 Å². The summed E-state index contributed by atoms with van der Waals surface area (Å²) in [6.45, 7) is 0. The number of hydrogen-bond acceptors (Lipinski definition) is 6. The second-order valence-corrected chi connectivity index (χ2v) is 11.7. The molecule has 0 unspecified atom stereocenters. The molecule has 3 aromatic rings. The Kier molecular flexibility index (Phi) is 6.11. The molecule has 1 N–H and O–H groups in total. The first-order chi connectivity index (χ1) is 14.8. The van der Waals surface area contributed by atoms with E-state index in [-0.39, 0.29) is 16.6 Å². The Balaban J connectivity index is 1.64. The number of nitrogens with one attached hydrogen (secondary N) is 1. The monoisotopic (exact) mass is 474 g/mol. The molecule has 0 spiro atoms. The first-order valence-electron chi connectivity index (χ1n) is 9.85. The molecule has 0 atom stereocenters. The molecule has 2 heterocycles. The lowest BCUT2D eigenvalue weighted by Gasteiger charge is -2.12. The van der Waals surface area contributed by atoms with Gasteiger partial charge in [-0.1, -0.05) is 6.07 Å². The zero-order valence-electron chi connectivity index (χ0n) is 17.2. The van der Waals surface area contributed by atoms with Crippen LogP contribution >= 0.6 is 22.7 Å². The van der Waals surface area contributed by atoms with Gasteiger partial charge in [0, 0.05) is 24.5 Å². The highest BCUT2D eigenvalue weighted by Gasteiger charge is 2.28. The summed E-state index contributed by atoms with van der Waals surface area (Å²) in [5.41, 5.74) is 1.98. The molecule has 6 nitrogen and oxygen atoms in total. The van der Waals surface area contributed by atoms with Crippen LogP contribution in [-0.2, 0) is 22.9 Å². The summed E-state index contributed by atoms with van der Waals surface area (Å²) in [6.07, 6.45) is 3.86. The number of sulfonamides is 1. The number of ketones is 1. The van der Waals surface area contributed by atoms with Crippen molar-refractivity contribution in [3.8, 4) is 0 Å². The van der Waals surface area contributed by atoms with Crippen molar-refractivity contribution in [3.63, 3.8) is 0 Å². The van der Waals surface area contributed by atoms with E-state index >= 15 is 0 Å². The van der Waals surface area contributed by atoms with Gasteiger partial charge in [-0.25, -0.2) is 12.7 Å². The minimum Gasteiger partial charge on any atom is -0.313 e. The van der Waals surface area contributed by atoms with Crippen LogP contribution in [0.1, 0.15) is 48.9 Å². The molecular formula is C22H22N2O4S3. The van der Waals surface area contributed by atoms with Crippen LogP contribution in [0.5, 0.6) is 0 Å². The van der Waals surface area contributed by atoms with Crippen LogP contribution in [0.25, 0.3) is 0 Å². The van der Waals surface area contributed by atoms with Gasteiger partial charge in [0.15, 0.2) is 0 Å². The van der Waals surface area contributed by atoms with E-state index in [2.05, 4.69) is 5.32 Å². The van der Waals surface area contributed by atoms with Gasteiger partial charge in [-0.05, 0) is 67.0 Å². The fourth-order valence-corrected chi connectivity index (χ4v) is 6.44. The summed E-state index contributed by atoms with van der Waals surface area (Å²) in [4.78, 5) is 28.0. The molecular weight excluding hydrogens is 452 g/mol. The van der Waals surface area contributed by atoms with Crippen molar-refractivity contribution < 1.29 is 18.0 Å². The molecule has 1 aromatic carbocycles. The quantitative estimate of drug-likeness (QED) is 0.536. The number of thiophene rings is 2. The Bertz CT molecular complexity index is 1220. The molecule has 0 saturated carbocycles. The second kappa shape index (κ2) is 8.66. The summed E-state index contributed by atoms with van der Waals surface area (Å²) in [6, 6.07) is 9.45. The maximum atomic E-state index is 13.2. The number of anilines is 1. The topological polar surface area (TPSA) is 83.6 Å². The van der Waals surface area contributed by atoms with Crippen molar-refractivity contribution in [2.24, 2.45) is 0 Å². The van der Waals surface area contributed by atoms with E-state index in [0.717, 1.165) is 40.4 Å². The van der Waals surface area contributed by atoms with Gasteiger partial charge >= 0.3 is 0 Å². The van der Waals surface area contributed by atoms with Gasteiger partial charge < -0.3 is 5.32 Å². The predicted octanol–water partition coefficient (Wildman–Crippen LogP) is 4.42. The summed E-state index contributed by atoms with van der Waals surface area (Å²) in [5.74, 6) is -0.426. The molecule has 0 fully saturated rings. The smallest absolute Gasteiger partial charge is 0.256 e. The Morgan fingerprint density at radius 3 is 2.39 bits per heavy atom. The second-order valence-electron chi connectivity index (χ2n) is 7.49. The predicted molar refractivity (Wildman–Crippen MR) is 124 cm³/mol. The van der Waals surface area contributed by atoms with Crippen molar-refractivity contribution in [1.29, 1.82) is 0 Å². The molecule has 0 aliphatic heterocycles. The highest BCUT2D eigenvalue weighted by Crippen LogP contribution is 2.40. The summed E-state index contributed by atoms with van der Waals surface area (Å²) in [5, 5.41) is 5.35. The van der Waals surface area contributed by atoms with Crippen LogP contribution in [0.2, 0.25) is 0 Å². The minimum absolute atomic E-state index is 0.0582. The average Bonchev–Trinajstić information content (AvgIpc) is 3.41. The first kappa shape index (κ1) is 21.9. The van der Waals surface area contributed by atoms with Crippen LogP contribution < -0.4 is 5.32 Å². The van der Waals surface area contributed by atoms with Crippen molar-refractivity contribution in [2.45, 2.75) is 30.6 Å². The average molecular weight is 475 g/mol. The third-order valence-electron chi connectivity index (χ3n) is 5.27. The molecule has 0 radical (unpaired) electrons. The maximum Gasteiger partial charge on any atom is 0.256 e. The number of rotatable bonds is 6. The Morgan fingerprint density at radius 2 is 1.74 bits per heavy atom. The molecule has 0 bridgehead atoms.